The SMILES string of the molecule is C/C=C1\NC(=O)[C@H]([C@H](C)O)NC(=O)[C@@H](CCN)NC(=O)[C@@H](CCCCN)NC(=O)[C@@H](CC(=O)O)NC(=O)[C@@H](CCN)NC(=O)[C@@H](NC(=O)C[C@@H](O)CCc2cccc(OCCCCC)c2)COC(=O)[C@@H]([C@H](O)CCl)NC(=O)[C@H]([C@H](O)C(=O)O)NC1=O. The van der Waals surface area contributed by atoms with Crippen LogP contribution in [-0.4, -0.2) is 213 Å². The van der Waals surface area contributed by atoms with Crippen molar-refractivity contribution in [3.63, 3.8) is 0 Å². The van der Waals surface area contributed by atoms with Crippen molar-refractivity contribution in [1.82, 2.24) is 47.9 Å². The van der Waals surface area contributed by atoms with Gasteiger partial charge in [0.05, 0.1) is 43.6 Å². The number of ether oxygens (including phenoxy) is 2. The summed E-state index contributed by atoms with van der Waals surface area (Å²) in [5.74, 6) is -17.4. The second kappa shape index (κ2) is 39.2. The van der Waals surface area contributed by atoms with Gasteiger partial charge in [0, 0.05) is 0 Å². The summed E-state index contributed by atoms with van der Waals surface area (Å²) in [4.78, 5) is 163. The van der Waals surface area contributed by atoms with E-state index in [0.717, 1.165) is 44.7 Å². The number of halogens is 1. The molecule has 0 aliphatic carbocycles. The van der Waals surface area contributed by atoms with Crippen LogP contribution in [0.15, 0.2) is 36.0 Å². The molecule has 2 rings (SSSR count). The summed E-state index contributed by atoms with van der Waals surface area (Å²) in [6.07, 6.45) is -6.56. The van der Waals surface area contributed by atoms with Gasteiger partial charge in [0.1, 0.15) is 60.3 Å². The van der Waals surface area contributed by atoms with Crippen molar-refractivity contribution in [1.29, 1.82) is 0 Å². The Balaban J connectivity index is 2.78. The summed E-state index contributed by atoms with van der Waals surface area (Å²) >= 11 is 5.87. The Morgan fingerprint density at radius 2 is 1.30 bits per heavy atom. The van der Waals surface area contributed by atoms with Crippen LogP contribution in [0.4, 0.5) is 0 Å². The third kappa shape index (κ3) is 25.9. The lowest BCUT2D eigenvalue weighted by atomic mass is 10.0. The van der Waals surface area contributed by atoms with Gasteiger partial charge in [-0.05, 0) is 103 Å². The van der Waals surface area contributed by atoms with Crippen LogP contribution in [-0.2, 0) is 68.7 Å². The van der Waals surface area contributed by atoms with Crippen LogP contribution in [0.2, 0.25) is 0 Å². The fraction of sp³-hybridized carbons (Fsp3) is 0.623. The van der Waals surface area contributed by atoms with Gasteiger partial charge in [0.15, 0.2) is 12.1 Å². The normalized spacial score (nSPS) is 24.0. The molecule has 86 heavy (non-hydrogen) atoms. The van der Waals surface area contributed by atoms with Crippen molar-refractivity contribution in [2.24, 2.45) is 17.2 Å². The molecule has 0 radical (unpaired) electrons. The van der Waals surface area contributed by atoms with Crippen molar-refractivity contribution >= 4 is 82.7 Å². The van der Waals surface area contributed by atoms with Gasteiger partial charge in [-0.2, -0.15) is 0 Å². The van der Waals surface area contributed by atoms with Gasteiger partial charge < -0.3 is 105 Å². The van der Waals surface area contributed by atoms with Crippen molar-refractivity contribution in [2.45, 2.75) is 171 Å². The van der Waals surface area contributed by atoms with Crippen LogP contribution in [0.5, 0.6) is 5.75 Å². The molecule has 1 saturated heterocycles. The first-order chi connectivity index (χ1) is 40.7. The van der Waals surface area contributed by atoms with E-state index in [1.165, 1.54) is 0 Å². The Morgan fingerprint density at radius 3 is 1.86 bits per heavy atom. The number of rotatable bonds is 26. The predicted octanol–water partition coefficient (Wildman–Crippen LogP) is -5.88. The van der Waals surface area contributed by atoms with Gasteiger partial charge in [-0.3, -0.25) is 47.9 Å². The second-order valence-electron chi connectivity index (χ2n) is 20.0. The number of amides is 9. The number of nitrogens with one attached hydrogen (secondary N) is 9. The number of aryl methyl sites for hydroxylation is 1. The molecule has 1 aliphatic heterocycles. The third-order valence-corrected chi connectivity index (χ3v) is 13.3. The van der Waals surface area contributed by atoms with Crippen molar-refractivity contribution in [3.05, 3.63) is 41.6 Å². The fourth-order valence-electron chi connectivity index (χ4n) is 8.20. The molecule has 33 heteroatoms. The minimum atomic E-state index is -2.85. The number of nitrogens with two attached hydrogens (primary N) is 3. The highest BCUT2D eigenvalue weighted by molar-refractivity contribution is 6.18. The van der Waals surface area contributed by atoms with E-state index in [1.807, 2.05) is 17.6 Å². The summed E-state index contributed by atoms with van der Waals surface area (Å²) in [6.45, 7) is 2.95. The number of aliphatic carboxylic acids is 2. The van der Waals surface area contributed by atoms with E-state index in [4.69, 9.17) is 38.3 Å². The predicted molar refractivity (Wildman–Crippen MR) is 303 cm³/mol. The third-order valence-electron chi connectivity index (χ3n) is 13.0. The number of carboxylic acids is 2. The molecule has 9 amide bonds. The van der Waals surface area contributed by atoms with Gasteiger partial charge in [-0.25, -0.2) is 9.59 Å². The Bertz CT molecular complexity index is 2510. The number of alkyl halides is 1. The van der Waals surface area contributed by atoms with Crippen molar-refractivity contribution < 1.29 is 97.6 Å². The first-order valence-electron chi connectivity index (χ1n) is 27.9. The number of carbonyl (C=O) groups is 12. The number of aliphatic hydroxyl groups is 4. The molecule has 0 saturated carbocycles. The second-order valence-corrected chi connectivity index (χ2v) is 20.3. The number of aliphatic hydroxyl groups excluding tert-OH is 4. The Kier molecular flexibility index (Phi) is 33.9. The molecule has 0 bridgehead atoms. The first-order valence-corrected chi connectivity index (χ1v) is 28.4. The van der Waals surface area contributed by atoms with Crippen LogP contribution in [0.1, 0.15) is 97.0 Å². The maximum absolute atomic E-state index is 14.2. The van der Waals surface area contributed by atoms with E-state index in [2.05, 4.69) is 37.2 Å². The number of carboxylic acid groups (broad SMARTS) is 2. The van der Waals surface area contributed by atoms with Gasteiger partial charge in [0.25, 0.3) is 5.91 Å². The highest BCUT2D eigenvalue weighted by Crippen LogP contribution is 2.17. The van der Waals surface area contributed by atoms with Gasteiger partial charge in [0.2, 0.25) is 47.3 Å². The minimum absolute atomic E-state index is 0.00266. The lowest BCUT2D eigenvalue weighted by Gasteiger charge is -2.28. The topological polar surface area (TPSA) is 531 Å². The Morgan fingerprint density at radius 1 is 0.721 bits per heavy atom. The van der Waals surface area contributed by atoms with Crippen LogP contribution in [0.3, 0.4) is 0 Å². The molecule has 1 aromatic carbocycles. The molecular weight excluding hydrogens is 1160 g/mol. The largest absolute Gasteiger partial charge is 0.494 e. The van der Waals surface area contributed by atoms with Gasteiger partial charge in [-0.15, -0.1) is 11.6 Å². The molecule has 0 aromatic heterocycles. The molecule has 1 fully saturated rings. The van der Waals surface area contributed by atoms with Crippen molar-refractivity contribution in [2.75, 3.05) is 38.7 Å². The maximum atomic E-state index is 14.2. The summed E-state index contributed by atoms with van der Waals surface area (Å²) in [5.41, 5.74) is 17.2. The van der Waals surface area contributed by atoms with Gasteiger partial charge >= 0.3 is 17.9 Å². The van der Waals surface area contributed by atoms with E-state index in [9.17, 15) is 88.2 Å². The Hall–Kier alpha value is -7.59. The number of carbonyl (C=O) groups excluding carboxylic acids is 10. The molecule has 21 N–H and O–H groups in total. The van der Waals surface area contributed by atoms with E-state index >= 15 is 0 Å². The molecule has 12 atom stereocenters. The standard InChI is InChI=1S/C53H83ClN12O20/c1-4-6-9-21-85-30-12-10-11-28(22-30)14-15-29(68)23-38(70)58-36-26-86-53(84)41(37(69)25-54)65-51(81)42(43(73)52(82)83)66-44(74)31(5-2)59-50(80)40(27(3)67)64-47(77)34(17-20-57)61-45(75)32(13-7-8-18-55)60-48(78)35(24-39(71)72)63-46(76)33(16-19-56)62-49(36)79/h5,10-12,22,27,29,32-37,40-43,67-69,73H,4,6-9,13-21,23-26,55-57H2,1-3H3,(H,58,70)(H,59,80)(H,60,78)(H,61,75)(H,62,79)(H,63,76)(H,64,77)(H,65,81)(H,66,74)(H,71,72)(H,82,83)/b31-5-/t27-,29-,32+,33+,34+,35+,36-,37+,40-,41+,42-,43-/m0/s1. The molecular formula is C53H83ClN12O20. The summed E-state index contributed by atoms with van der Waals surface area (Å²) in [6, 6.07) is -8.94. The van der Waals surface area contributed by atoms with E-state index < -0.39 is 181 Å². The van der Waals surface area contributed by atoms with E-state index in [-0.39, 0.29) is 58.2 Å². The maximum Gasteiger partial charge on any atom is 0.335 e. The Labute approximate surface area is 500 Å². The lowest BCUT2D eigenvalue weighted by molar-refractivity contribution is -0.155. The summed E-state index contributed by atoms with van der Waals surface area (Å²) in [7, 11) is 0. The number of cyclic esters (lactones) is 1. The monoisotopic (exact) mass is 1240 g/mol. The van der Waals surface area contributed by atoms with Crippen LogP contribution >= 0.6 is 11.6 Å². The lowest BCUT2D eigenvalue weighted by Crippen LogP contribution is -2.62. The molecule has 32 nitrogen and oxygen atoms in total. The smallest absolute Gasteiger partial charge is 0.335 e. The molecule has 1 aromatic rings. The zero-order valence-electron chi connectivity index (χ0n) is 48.1. The van der Waals surface area contributed by atoms with E-state index in [0.29, 0.717) is 12.4 Å². The minimum Gasteiger partial charge on any atom is -0.494 e. The van der Waals surface area contributed by atoms with Crippen LogP contribution in [0.25, 0.3) is 0 Å². The van der Waals surface area contributed by atoms with Gasteiger partial charge in [-0.1, -0.05) is 38.0 Å². The number of hydrogen-bond donors (Lipinski definition) is 18. The summed E-state index contributed by atoms with van der Waals surface area (Å²) in [5, 5.41) is 82.4. The highest BCUT2D eigenvalue weighted by atomic mass is 35.5. The molecule has 1 heterocycles. The van der Waals surface area contributed by atoms with Crippen LogP contribution in [0, 0.1) is 0 Å². The number of esters is 1. The number of hydrogen-bond acceptors (Lipinski definition) is 21. The number of allylic oxidation sites excluding steroid dienone is 1. The van der Waals surface area contributed by atoms with E-state index in [1.54, 1.807) is 24.3 Å². The zero-order valence-corrected chi connectivity index (χ0v) is 48.8. The number of unbranched alkanes of at least 4 members (excludes halogenated alkanes) is 3. The van der Waals surface area contributed by atoms with Crippen molar-refractivity contribution in [3.8, 4) is 5.75 Å². The van der Waals surface area contributed by atoms with Crippen LogP contribution < -0.4 is 69.8 Å². The average molecular weight is 1240 g/mol. The highest BCUT2D eigenvalue weighted by Gasteiger charge is 2.41. The molecule has 0 unspecified atom stereocenters. The fourth-order valence-corrected chi connectivity index (χ4v) is 8.38. The summed E-state index contributed by atoms with van der Waals surface area (Å²) < 4.78 is 11.1. The zero-order chi connectivity index (χ0) is 64.6. The molecule has 1 aliphatic rings. The first kappa shape index (κ1) is 74.5. The molecule has 482 valence electrons. The number of benzene rings is 1. The average Bonchev–Trinajstić information content (AvgIpc) is 3.24. The quantitative estimate of drug-likeness (QED) is 0.0178. The molecule has 0 spiro atoms.